The second-order valence-electron chi connectivity index (χ2n) is 6.07. The molecule has 1 aromatic heterocycles. The van der Waals surface area contributed by atoms with Crippen molar-refractivity contribution >= 4 is 11.3 Å². The van der Waals surface area contributed by atoms with Gasteiger partial charge in [-0.15, -0.1) is 10.2 Å². The summed E-state index contributed by atoms with van der Waals surface area (Å²) in [6, 6.07) is 11.1. The van der Waals surface area contributed by atoms with E-state index in [1.54, 1.807) is 18.4 Å². The molecule has 0 bridgehead atoms. The minimum atomic E-state index is 0.377. The van der Waals surface area contributed by atoms with E-state index in [0.29, 0.717) is 12.6 Å². The predicted octanol–water partition coefficient (Wildman–Crippen LogP) is 4.88. The van der Waals surface area contributed by atoms with Crippen LogP contribution in [0.2, 0.25) is 0 Å². The van der Waals surface area contributed by atoms with Gasteiger partial charge in [-0.1, -0.05) is 80.7 Å². The maximum absolute atomic E-state index is 5.11. The molecule has 0 aliphatic heterocycles. The molecule has 0 saturated carbocycles. The Hall–Kier alpha value is -1.30. The van der Waals surface area contributed by atoms with E-state index in [9.17, 15) is 0 Å². The molecule has 0 saturated heterocycles. The number of unbranched alkanes of at least 4 members (excludes halogenated alkanes) is 4. The maximum Gasteiger partial charge on any atom is 0.143 e. The topological polar surface area (TPSA) is 47.0 Å². The largest absolute Gasteiger partial charge is 0.377 e. The van der Waals surface area contributed by atoms with Crippen molar-refractivity contribution in [1.29, 1.82) is 0 Å². The van der Waals surface area contributed by atoms with Crippen molar-refractivity contribution in [2.24, 2.45) is 0 Å². The Morgan fingerprint density at radius 1 is 1.04 bits per heavy atom. The van der Waals surface area contributed by atoms with E-state index >= 15 is 0 Å². The van der Waals surface area contributed by atoms with Crippen LogP contribution in [0.5, 0.6) is 0 Å². The molecule has 24 heavy (non-hydrogen) atoms. The molecule has 0 aliphatic rings. The summed E-state index contributed by atoms with van der Waals surface area (Å²) in [6.45, 7) is 3.56. The zero-order valence-corrected chi connectivity index (χ0v) is 15.6. The van der Waals surface area contributed by atoms with Gasteiger partial charge in [-0.3, -0.25) is 0 Å². The minimum absolute atomic E-state index is 0.377. The summed E-state index contributed by atoms with van der Waals surface area (Å²) in [5.41, 5.74) is 1.36. The standard InChI is InChI=1S/C19H29N3OS/c1-3-4-5-6-10-13-17(16-11-8-7-9-12-16)20-14-18-21-22-19(24-18)15-23-2/h7-9,11-12,17,20H,3-6,10,13-15H2,1-2H3. The number of methoxy groups -OCH3 is 1. The lowest BCUT2D eigenvalue weighted by molar-refractivity contribution is 0.184. The number of hydrogen-bond donors (Lipinski definition) is 1. The van der Waals surface area contributed by atoms with E-state index in [0.717, 1.165) is 23.0 Å². The number of ether oxygens (including phenoxy) is 1. The van der Waals surface area contributed by atoms with Gasteiger partial charge < -0.3 is 10.1 Å². The molecule has 1 aromatic carbocycles. The SMILES string of the molecule is CCCCCCCC(NCc1nnc(COC)s1)c1ccccc1. The highest BCUT2D eigenvalue weighted by Crippen LogP contribution is 2.21. The minimum Gasteiger partial charge on any atom is -0.377 e. The summed E-state index contributed by atoms with van der Waals surface area (Å²) < 4.78 is 5.11. The van der Waals surface area contributed by atoms with Gasteiger partial charge >= 0.3 is 0 Å². The number of rotatable bonds is 12. The van der Waals surface area contributed by atoms with Gasteiger partial charge in [0.05, 0.1) is 13.2 Å². The number of benzene rings is 1. The normalized spacial score (nSPS) is 12.4. The van der Waals surface area contributed by atoms with Crippen LogP contribution in [-0.4, -0.2) is 17.3 Å². The highest BCUT2D eigenvalue weighted by Gasteiger charge is 2.12. The molecule has 0 amide bonds. The van der Waals surface area contributed by atoms with Gasteiger partial charge in [-0.25, -0.2) is 0 Å². The average Bonchev–Trinajstić information content (AvgIpc) is 3.06. The Kier molecular flexibility index (Phi) is 8.95. The summed E-state index contributed by atoms with van der Waals surface area (Å²) >= 11 is 1.62. The van der Waals surface area contributed by atoms with Crippen molar-refractivity contribution in [2.45, 2.75) is 64.6 Å². The second kappa shape index (κ2) is 11.3. The first-order chi connectivity index (χ1) is 11.8. The van der Waals surface area contributed by atoms with Crippen molar-refractivity contribution in [3.8, 4) is 0 Å². The molecule has 2 aromatic rings. The summed E-state index contributed by atoms with van der Waals surface area (Å²) in [5.74, 6) is 0. The third-order valence-electron chi connectivity index (χ3n) is 4.07. The first-order valence-corrected chi connectivity index (χ1v) is 9.73. The van der Waals surface area contributed by atoms with E-state index in [-0.39, 0.29) is 0 Å². The van der Waals surface area contributed by atoms with Gasteiger partial charge in [0.25, 0.3) is 0 Å². The van der Waals surface area contributed by atoms with E-state index in [1.165, 1.54) is 37.7 Å². The summed E-state index contributed by atoms with van der Waals surface area (Å²) in [5, 5.41) is 14.0. The lowest BCUT2D eigenvalue weighted by Gasteiger charge is -2.18. The smallest absolute Gasteiger partial charge is 0.143 e. The molecular formula is C19H29N3OS. The van der Waals surface area contributed by atoms with E-state index in [1.807, 2.05) is 0 Å². The highest BCUT2D eigenvalue weighted by molar-refractivity contribution is 7.11. The van der Waals surface area contributed by atoms with Crippen molar-refractivity contribution < 1.29 is 4.74 Å². The van der Waals surface area contributed by atoms with Crippen LogP contribution < -0.4 is 5.32 Å². The Morgan fingerprint density at radius 2 is 1.79 bits per heavy atom. The van der Waals surface area contributed by atoms with E-state index in [2.05, 4.69) is 52.8 Å². The van der Waals surface area contributed by atoms with Crippen molar-refractivity contribution in [2.75, 3.05) is 7.11 Å². The monoisotopic (exact) mass is 347 g/mol. The van der Waals surface area contributed by atoms with Gasteiger partial charge in [0.1, 0.15) is 10.0 Å². The van der Waals surface area contributed by atoms with Gasteiger partial charge in [0.15, 0.2) is 0 Å². The third-order valence-corrected chi connectivity index (χ3v) is 4.97. The second-order valence-corrected chi connectivity index (χ2v) is 7.22. The number of hydrogen-bond acceptors (Lipinski definition) is 5. The Bertz CT molecular complexity index is 559. The van der Waals surface area contributed by atoms with Crippen molar-refractivity contribution in [3.63, 3.8) is 0 Å². The Morgan fingerprint density at radius 3 is 2.54 bits per heavy atom. The molecule has 1 unspecified atom stereocenters. The van der Waals surface area contributed by atoms with Gasteiger partial charge in [-0.2, -0.15) is 0 Å². The van der Waals surface area contributed by atoms with E-state index in [4.69, 9.17) is 4.74 Å². The molecule has 0 aliphatic carbocycles. The zero-order chi connectivity index (χ0) is 17.0. The van der Waals surface area contributed by atoms with Gasteiger partial charge in [0.2, 0.25) is 0 Å². The van der Waals surface area contributed by atoms with Crippen LogP contribution in [0, 0.1) is 0 Å². The molecule has 0 spiro atoms. The Labute approximate surface area is 149 Å². The fourth-order valence-corrected chi connectivity index (χ4v) is 3.54. The molecule has 0 radical (unpaired) electrons. The van der Waals surface area contributed by atoms with Crippen LogP contribution in [0.3, 0.4) is 0 Å². The van der Waals surface area contributed by atoms with Crippen LogP contribution >= 0.6 is 11.3 Å². The molecule has 0 fully saturated rings. The lowest BCUT2D eigenvalue weighted by atomic mass is 10.00. The van der Waals surface area contributed by atoms with Gasteiger partial charge in [-0.05, 0) is 12.0 Å². The first kappa shape index (κ1) is 19.0. The van der Waals surface area contributed by atoms with Crippen LogP contribution in [0.25, 0.3) is 0 Å². The van der Waals surface area contributed by atoms with Crippen LogP contribution in [-0.2, 0) is 17.9 Å². The fourth-order valence-electron chi connectivity index (χ4n) is 2.78. The Balaban J connectivity index is 1.87. The van der Waals surface area contributed by atoms with Crippen molar-refractivity contribution in [1.82, 2.24) is 15.5 Å². The van der Waals surface area contributed by atoms with Crippen LogP contribution in [0.15, 0.2) is 30.3 Å². The number of nitrogens with zero attached hydrogens (tertiary/aromatic N) is 2. The molecule has 1 heterocycles. The summed E-state index contributed by atoms with van der Waals surface area (Å²) in [4.78, 5) is 0. The maximum atomic E-state index is 5.11. The quantitative estimate of drug-likeness (QED) is 0.556. The summed E-state index contributed by atoms with van der Waals surface area (Å²) in [7, 11) is 1.68. The average molecular weight is 348 g/mol. The van der Waals surface area contributed by atoms with E-state index < -0.39 is 0 Å². The molecule has 2 rings (SSSR count). The summed E-state index contributed by atoms with van der Waals surface area (Å²) in [6.07, 6.45) is 7.72. The third kappa shape index (κ3) is 6.67. The van der Waals surface area contributed by atoms with Crippen LogP contribution in [0.1, 0.15) is 67.1 Å². The van der Waals surface area contributed by atoms with Gasteiger partial charge in [0, 0.05) is 13.2 Å². The highest BCUT2D eigenvalue weighted by atomic mass is 32.1. The predicted molar refractivity (Wildman–Crippen MR) is 100 cm³/mol. The molecule has 1 atom stereocenters. The van der Waals surface area contributed by atoms with Crippen LogP contribution in [0.4, 0.5) is 0 Å². The number of nitrogens with one attached hydrogen (secondary N) is 1. The molecule has 1 N–H and O–H groups in total. The molecular weight excluding hydrogens is 318 g/mol. The molecule has 4 nitrogen and oxygen atoms in total. The zero-order valence-electron chi connectivity index (χ0n) is 14.8. The lowest BCUT2D eigenvalue weighted by Crippen LogP contribution is -2.21. The number of aromatic nitrogens is 2. The molecule has 5 heteroatoms. The fraction of sp³-hybridized carbons (Fsp3) is 0.579. The van der Waals surface area contributed by atoms with Crippen molar-refractivity contribution in [3.05, 3.63) is 45.9 Å². The molecule has 132 valence electrons. The first-order valence-electron chi connectivity index (χ1n) is 8.92.